The molecule has 2 rings (SSSR count). The first kappa shape index (κ1) is 16.3. The summed E-state index contributed by atoms with van der Waals surface area (Å²) in [6.07, 6.45) is 7.91. The molecule has 0 aromatic heterocycles. The zero-order valence-electron chi connectivity index (χ0n) is 13.0. The second-order valence-corrected chi connectivity index (χ2v) is 8.21. The summed E-state index contributed by atoms with van der Waals surface area (Å²) in [7, 11) is -0.242. The summed E-state index contributed by atoms with van der Waals surface area (Å²) in [5, 5.41) is 3.41. The van der Waals surface area contributed by atoms with Gasteiger partial charge in [0, 0.05) is 26.3 Å². The van der Waals surface area contributed by atoms with E-state index in [9.17, 15) is 8.42 Å². The van der Waals surface area contributed by atoms with Gasteiger partial charge in [-0.2, -0.15) is 0 Å². The average molecular weight is 310 g/mol. The molecule has 1 aliphatic carbocycles. The van der Waals surface area contributed by atoms with E-state index in [-0.39, 0.29) is 0 Å². The van der Waals surface area contributed by atoms with E-state index in [1.54, 1.807) is 32.3 Å². The second-order valence-electron chi connectivity index (χ2n) is 6.05. The Morgan fingerprint density at radius 2 is 1.81 bits per heavy atom. The minimum absolute atomic E-state index is 0.346. The van der Waals surface area contributed by atoms with Crippen LogP contribution in [0.3, 0.4) is 0 Å². The number of sulfonamides is 1. The van der Waals surface area contributed by atoms with Crippen LogP contribution >= 0.6 is 0 Å². The molecule has 118 valence electrons. The molecule has 1 aromatic carbocycles. The van der Waals surface area contributed by atoms with Gasteiger partial charge in [-0.15, -0.1) is 0 Å². The highest BCUT2D eigenvalue weighted by Crippen LogP contribution is 2.24. The summed E-state index contributed by atoms with van der Waals surface area (Å²) in [6, 6.07) is 7.11. The molecule has 0 radical (unpaired) electrons. The van der Waals surface area contributed by atoms with Gasteiger partial charge in [-0.1, -0.05) is 31.7 Å². The molecule has 0 aliphatic heterocycles. The summed E-state index contributed by atoms with van der Waals surface area (Å²) in [5.41, 5.74) is 0.891. The molecule has 0 spiro atoms. The fourth-order valence-corrected chi connectivity index (χ4v) is 3.76. The average Bonchev–Trinajstić information content (AvgIpc) is 2.74. The molecule has 0 bridgehead atoms. The van der Waals surface area contributed by atoms with Crippen LogP contribution in [0.1, 0.15) is 38.5 Å². The Balaban J connectivity index is 2.01. The third kappa shape index (κ3) is 4.45. The highest BCUT2D eigenvalue weighted by molar-refractivity contribution is 7.89. The van der Waals surface area contributed by atoms with Gasteiger partial charge >= 0.3 is 0 Å². The van der Waals surface area contributed by atoms with Crippen molar-refractivity contribution in [2.45, 2.75) is 43.4 Å². The number of hydrogen-bond acceptors (Lipinski definition) is 3. The van der Waals surface area contributed by atoms with E-state index in [1.807, 2.05) is 6.07 Å². The van der Waals surface area contributed by atoms with Gasteiger partial charge in [-0.05, 0) is 37.0 Å². The lowest BCUT2D eigenvalue weighted by molar-refractivity contribution is 0.483. The number of benzene rings is 1. The standard InChI is InChI=1S/C16H26N2O2S/c1-18(2)21(19,20)16-11-7-10-15(12-16)17-13-14-8-5-3-4-6-9-14/h7,10-12,14,17H,3-6,8-9,13H2,1-2H3. The Kier molecular flexibility index (Phi) is 5.65. The maximum absolute atomic E-state index is 12.1. The van der Waals surface area contributed by atoms with Gasteiger partial charge in [0.05, 0.1) is 4.90 Å². The molecule has 5 heteroatoms. The van der Waals surface area contributed by atoms with Crippen molar-refractivity contribution in [2.75, 3.05) is 26.0 Å². The summed E-state index contributed by atoms with van der Waals surface area (Å²) in [5.74, 6) is 0.710. The van der Waals surface area contributed by atoms with Crippen molar-refractivity contribution >= 4 is 15.7 Å². The molecule has 0 unspecified atom stereocenters. The van der Waals surface area contributed by atoms with E-state index < -0.39 is 10.0 Å². The Morgan fingerprint density at radius 1 is 1.14 bits per heavy atom. The molecule has 1 aromatic rings. The van der Waals surface area contributed by atoms with Crippen LogP contribution in [0.4, 0.5) is 5.69 Å². The molecule has 0 heterocycles. The van der Waals surface area contributed by atoms with Crippen LogP contribution in [0.5, 0.6) is 0 Å². The second kappa shape index (κ2) is 7.27. The molecule has 0 atom stereocenters. The third-order valence-electron chi connectivity index (χ3n) is 4.18. The van der Waals surface area contributed by atoms with Crippen molar-refractivity contribution in [1.82, 2.24) is 4.31 Å². The SMILES string of the molecule is CN(C)S(=O)(=O)c1cccc(NCC2CCCCCC2)c1. The van der Waals surface area contributed by atoms with Crippen LogP contribution in [-0.2, 0) is 10.0 Å². The summed E-state index contributed by atoms with van der Waals surface area (Å²) in [6.45, 7) is 0.936. The maximum Gasteiger partial charge on any atom is 0.242 e. The van der Waals surface area contributed by atoms with Gasteiger partial charge in [-0.3, -0.25) is 0 Å². The van der Waals surface area contributed by atoms with Crippen molar-refractivity contribution in [2.24, 2.45) is 5.92 Å². The van der Waals surface area contributed by atoms with Gasteiger partial charge in [0.2, 0.25) is 10.0 Å². The van der Waals surface area contributed by atoms with Crippen LogP contribution in [0, 0.1) is 5.92 Å². The first-order valence-electron chi connectivity index (χ1n) is 7.76. The van der Waals surface area contributed by atoms with Crippen LogP contribution in [0.15, 0.2) is 29.2 Å². The molecule has 0 amide bonds. The molecule has 21 heavy (non-hydrogen) atoms. The highest BCUT2D eigenvalue weighted by Gasteiger charge is 2.17. The van der Waals surface area contributed by atoms with Gasteiger partial charge in [0.1, 0.15) is 0 Å². The molecular formula is C16H26N2O2S. The van der Waals surface area contributed by atoms with E-state index in [2.05, 4.69) is 5.32 Å². The Morgan fingerprint density at radius 3 is 2.43 bits per heavy atom. The lowest BCUT2D eigenvalue weighted by Crippen LogP contribution is -2.22. The lowest BCUT2D eigenvalue weighted by Gasteiger charge is -2.17. The smallest absolute Gasteiger partial charge is 0.242 e. The first-order chi connectivity index (χ1) is 10.00. The lowest BCUT2D eigenvalue weighted by atomic mass is 10.0. The van der Waals surface area contributed by atoms with E-state index in [0.29, 0.717) is 10.8 Å². The van der Waals surface area contributed by atoms with Crippen molar-refractivity contribution in [3.63, 3.8) is 0 Å². The van der Waals surface area contributed by atoms with Gasteiger partial charge < -0.3 is 5.32 Å². The number of rotatable bonds is 5. The molecule has 1 aliphatic rings. The normalized spacial score (nSPS) is 17.7. The first-order valence-corrected chi connectivity index (χ1v) is 9.20. The van der Waals surface area contributed by atoms with Gasteiger partial charge in [0.15, 0.2) is 0 Å². The van der Waals surface area contributed by atoms with Gasteiger partial charge in [0.25, 0.3) is 0 Å². The summed E-state index contributed by atoms with van der Waals surface area (Å²) in [4.78, 5) is 0.346. The molecule has 1 fully saturated rings. The van der Waals surface area contributed by atoms with E-state index in [0.717, 1.165) is 12.2 Å². The fraction of sp³-hybridized carbons (Fsp3) is 0.625. The zero-order chi connectivity index (χ0) is 15.3. The summed E-state index contributed by atoms with van der Waals surface area (Å²) >= 11 is 0. The van der Waals surface area contributed by atoms with E-state index in [4.69, 9.17) is 0 Å². The third-order valence-corrected chi connectivity index (χ3v) is 5.99. The predicted octanol–water partition coefficient (Wildman–Crippen LogP) is 3.32. The number of hydrogen-bond donors (Lipinski definition) is 1. The molecule has 0 saturated heterocycles. The van der Waals surface area contributed by atoms with Crippen molar-refractivity contribution in [1.29, 1.82) is 0 Å². The van der Waals surface area contributed by atoms with Crippen LogP contribution in [0.25, 0.3) is 0 Å². The zero-order valence-corrected chi connectivity index (χ0v) is 13.8. The Labute approximate surface area is 128 Å². The Hall–Kier alpha value is -1.07. The molecule has 4 nitrogen and oxygen atoms in total. The largest absolute Gasteiger partial charge is 0.385 e. The maximum atomic E-state index is 12.1. The number of nitrogens with zero attached hydrogens (tertiary/aromatic N) is 1. The summed E-state index contributed by atoms with van der Waals surface area (Å²) < 4.78 is 25.5. The monoisotopic (exact) mass is 310 g/mol. The van der Waals surface area contributed by atoms with E-state index >= 15 is 0 Å². The van der Waals surface area contributed by atoms with E-state index in [1.165, 1.54) is 42.8 Å². The minimum atomic E-state index is -3.36. The Bertz CT molecular complexity index is 547. The fourth-order valence-electron chi connectivity index (χ4n) is 2.81. The van der Waals surface area contributed by atoms with Crippen LogP contribution in [-0.4, -0.2) is 33.4 Å². The van der Waals surface area contributed by atoms with Gasteiger partial charge in [-0.25, -0.2) is 12.7 Å². The predicted molar refractivity (Wildman–Crippen MR) is 87.0 cm³/mol. The minimum Gasteiger partial charge on any atom is -0.385 e. The molecule has 1 saturated carbocycles. The number of anilines is 1. The van der Waals surface area contributed by atoms with Crippen molar-refractivity contribution in [3.05, 3.63) is 24.3 Å². The molecule has 1 N–H and O–H groups in total. The quantitative estimate of drug-likeness (QED) is 0.849. The topological polar surface area (TPSA) is 49.4 Å². The number of nitrogens with one attached hydrogen (secondary N) is 1. The highest BCUT2D eigenvalue weighted by atomic mass is 32.2. The van der Waals surface area contributed by atoms with Crippen molar-refractivity contribution < 1.29 is 8.42 Å². The van der Waals surface area contributed by atoms with Crippen LogP contribution in [0.2, 0.25) is 0 Å². The molecular weight excluding hydrogens is 284 g/mol. The van der Waals surface area contributed by atoms with Crippen molar-refractivity contribution in [3.8, 4) is 0 Å². The van der Waals surface area contributed by atoms with Crippen LogP contribution < -0.4 is 5.32 Å².